The minimum Gasteiger partial charge on any atom is -0.357 e. The van der Waals surface area contributed by atoms with Crippen molar-refractivity contribution in [3.63, 3.8) is 0 Å². The Morgan fingerprint density at radius 3 is 3.17 bits per heavy atom. The van der Waals surface area contributed by atoms with E-state index >= 15 is 0 Å². The number of nitrogens with zero attached hydrogens (tertiary/aromatic N) is 4. The first-order valence-electron chi connectivity index (χ1n) is 5.48. The van der Waals surface area contributed by atoms with E-state index in [1.54, 1.807) is 23.0 Å². The van der Waals surface area contributed by atoms with Gasteiger partial charge in [-0.2, -0.15) is 0 Å². The monoisotopic (exact) mass is 257 g/mol. The van der Waals surface area contributed by atoms with Crippen molar-refractivity contribution in [2.24, 2.45) is 0 Å². The third-order valence-electron chi connectivity index (χ3n) is 2.40. The van der Waals surface area contributed by atoms with E-state index in [9.17, 15) is 0 Å². The van der Waals surface area contributed by atoms with E-state index in [1.807, 2.05) is 18.3 Å². The van der Waals surface area contributed by atoms with Crippen LogP contribution in [0, 0.1) is 0 Å². The fraction of sp³-hybridized carbons (Fsp3) is 0.0833. The van der Waals surface area contributed by atoms with Crippen molar-refractivity contribution < 1.29 is 0 Å². The molecule has 5 nitrogen and oxygen atoms in total. The molecule has 0 radical (unpaired) electrons. The predicted octanol–water partition coefficient (Wildman–Crippen LogP) is 2.45. The molecule has 0 atom stereocenters. The zero-order chi connectivity index (χ0) is 12.4. The van der Waals surface area contributed by atoms with Crippen molar-refractivity contribution in [2.45, 2.75) is 0 Å². The Morgan fingerprint density at radius 2 is 2.44 bits per heavy atom. The molecule has 0 aromatic carbocycles. The van der Waals surface area contributed by atoms with Crippen LogP contribution in [0.1, 0.15) is 0 Å². The van der Waals surface area contributed by atoms with Gasteiger partial charge in [-0.15, -0.1) is 11.7 Å². The van der Waals surface area contributed by atoms with Gasteiger partial charge in [-0.05, 0) is 12.1 Å². The summed E-state index contributed by atoms with van der Waals surface area (Å²) in [5.41, 5.74) is 1.88. The Hall–Kier alpha value is -2.21. The van der Waals surface area contributed by atoms with Crippen LogP contribution in [0.3, 0.4) is 0 Å². The standard InChI is InChI=1S/C12H11N5S/c1-2-5-14-11-16-17-8-10(15-12(17)18-11)9-4-3-6-13-7-9/h2-4,6-8H,1,5H2,(H,14,16). The second-order valence-corrected chi connectivity index (χ2v) is 4.63. The first-order chi connectivity index (χ1) is 8.86. The second-order valence-electron chi connectivity index (χ2n) is 3.67. The Kier molecular flexibility index (Phi) is 2.77. The van der Waals surface area contributed by atoms with Gasteiger partial charge in [0.25, 0.3) is 0 Å². The van der Waals surface area contributed by atoms with E-state index in [2.05, 4.69) is 27.0 Å². The maximum atomic E-state index is 4.52. The lowest BCUT2D eigenvalue weighted by molar-refractivity contribution is 0.971. The molecule has 3 heterocycles. The van der Waals surface area contributed by atoms with E-state index in [0.29, 0.717) is 6.54 Å². The highest BCUT2D eigenvalue weighted by Gasteiger charge is 2.08. The van der Waals surface area contributed by atoms with E-state index in [0.717, 1.165) is 21.3 Å². The van der Waals surface area contributed by atoms with Crippen LogP contribution >= 0.6 is 11.3 Å². The number of anilines is 1. The average Bonchev–Trinajstić information content (AvgIpc) is 2.95. The molecule has 0 unspecified atom stereocenters. The summed E-state index contributed by atoms with van der Waals surface area (Å²) >= 11 is 1.51. The lowest BCUT2D eigenvalue weighted by Crippen LogP contribution is -1.97. The van der Waals surface area contributed by atoms with Gasteiger partial charge < -0.3 is 5.32 Å². The van der Waals surface area contributed by atoms with Crippen molar-refractivity contribution in [3.05, 3.63) is 43.4 Å². The maximum Gasteiger partial charge on any atom is 0.214 e. The van der Waals surface area contributed by atoms with Crippen LogP contribution < -0.4 is 5.32 Å². The fourth-order valence-corrected chi connectivity index (χ4v) is 2.37. The number of fused-ring (bicyclic) bond motifs is 1. The van der Waals surface area contributed by atoms with Gasteiger partial charge in [0.15, 0.2) is 0 Å². The van der Waals surface area contributed by atoms with Crippen LogP contribution in [-0.2, 0) is 0 Å². The minimum atomic E-state index is 0.701. The Balaban J connectivity index is 1.93. The Morgan fingerprint density at radius 1 is 1.50 bits per heavy atom. The highest BCUT2D eigenvalue weighted by Crippen LogP contribution is 2.23. The summed E-state index contributed by atoms with van der Waals surface area (Å²) in [7, 11) is 0. The van der Waals surface area contributed by atoms with E-state index < -0.39 is 0 Å². The van der Waals surface area contributed by atoms with Gasteiger partial charge in [0.1, 0.15) is 0 Å². The van der Waals surface area contributed by atoms with E-state index in [4.69, 9.17) is 0 Å². The summed E-state index contributed by atoms with van der Waals surface area (Å²) in [5, 5.41) is 8.38. The number of pyridine rings is 1. The molecule has 6 heteroatoms. The number of hydrogen-bond acceptors (Lipinski definition) is 5. The van der Waals surface area contributed by atoms with Gasteiger partial charge in [0, 0.05) is 24.5 Å². The molecule has 0 aliphatic rings. The molecular formula is C12H11N5S. The molecule has 0 spiro atoms. The molecule has 3 aromatic rings. The Bertz CT molecular complexity index is 639. The highest BCUT2D eigenvalue weighted by atomic mass is 32.1. The van der Waals surface area contributed by atoms with Gasteiger partial charge in [-0.25, -0.2) is 9.50 Å². The lowest BCUT2D eigenvalue weighted by Gasteiger charge is -1.94. The predicted molar refractivity (Wildman–Crippen MR) is 72.8 cm³/mol. The topological polar surface area (TPSA) is 55.1 Å². The van der Waals surface area contributed by atoms with Crippen molar-refractivity contribution >= 4 is 21.4 Å². The third-order valence-corrected chi connectivity index (χ3v) is 3.28. The quantitative estimate of drug-likeness (QED) is 0.729. The van der Waals surface area contributed by atoms with E-state index in [-0.39, 0.29) is 0 Å². The number of hydrogen-bond donors (Lipinski definition) is 1. The molecule has 0 bridgehead atoms. The second kappa shape index (κ2) is 4.58. The lowest BCUT2D eigenvalue weighted by atomic mass is 10.2. The van der Waals surface area contributed by atoms with Gasteiger partial charge in [0.2, 0.25) is 10.1 Å². The number of aromatic nitrogens is 4. The molecule has 1 N–H and O–H groups in total. The molecule has 0 aliphatic carbocycles. The largest absolute Gasteiger partial charge is 0.357 e. The van der Waals surface area contributed by atoms with Gasteiger partial charge in [0.05, 0.1) is 11.9 Å². The van der Waals surface area contributed by atoms with Gasteiger partial charge >= 0.3 is 0 Å². The average molecular weight is 257 g/mol. The number of imidazole rings is 1. The van der Waals surface area contributed by atoms with Gasteiger partial charge in [-0.1, -0.05) is 17.4 Å². The normalized spacial score (nSPS) is 10.7. The van der Waals surface area contributed by atoms with Crippen LogP contribution in [-0.4, -0.2) is 26.1 Å². The smallest absolute Gasteiger partial charge is 0.214 e. The summed E-state index contributed by atoms with van der Waals surface area (Å²) in [6.45, 7) is 4.36. The number of rotatable bonds is 4. The van der Waals surface area contributed by atoms with Crippen molar-refractivity contribution in [2.75, 3.05) is 11.9 Å². The highest BCUT2D eigenvalue weighted by molar-refractivity contribution is 7.20. The van der Waals surface area contributed by atoms with Crippen molar-refractivity contribution in [3.8, 4) is 11.3 Å². The van der Waals surface area contributed by atoms with Crippen LogP contribution in [0.4, 0.5) is 5.13 Å². The summed E-state index contributed by atoms with van der Waals surface area (Å²) < 4.78 is 1.78. The first kappa shape index (κ1) is 10.9. The summed E-state index contributed by atoms with van der Waals surface area (Å²) in [6, 6.07) is 3.88. The molecule has 90 valence electrons. The zero-order valence-corrected chi connectivity index (χ0v) is 10.4. The fourth-order valence-electron chi connectivity index (χ4n) is 1.58. The van der Waals surface area contributed by atoms with Crippen LogP contribution in [0.25, 0.3) is 16.2 Å². The van der Waals surface area contributed by atoms with Gasteiger partial charge in [-0.3, -0.25) is 4.98 Å². The van der Waals surface area contributed by atoms with Crippen molar-refractivity contribution in [1.82, 2.24) is 19.6 Å². The molecule has 3 aromatic heterocycles. The zero-order valence-electron chi connectivity index (χ0n) is 9.58. The summed E-state index contributed by atoms with van der Waals surface area (Å²) in [5.74, 6) is 0. The SMILES string of the molecule is C=CCNc1nn2cc(-c3cccnc3)nc2s1. The molecule has 18 heavy (non-hydrogen) atoms. The maximum absolute atomic E-state index is 4.52. The third kappa shape index (κ3) is 1.98. The Labute approximate surface area is 108 Å². The molecule has 0 aliphatic heterocycles. The molecule has 0 amide bonds. The molecule has 0 fully saturated rings. The first-order valence-corrected chi connectivity index (χ1v) is 6.30. The molecule has 3 rings (SSSR count). The number of nitrogens with one attached hydrogen (secondary N) is 1. The van der Waals surface area contributed by atoms with Crippen molar-refractivity contribution in [1.29, 1.82) is 0 Å². The van der Waals surface area contributed by atoms with Crippen LogP contribution in [0.5, 0.6) is 0 Å². The summed E-state index contributed by atoms with van der Waals surface area (Å²) in [4.78, 5) is 9.47. The van der Waals surface area contributed by atoms with E-state index in [1.165, 1.54) is 11.3 Å². The van der Waals surface area contributed by atoms with Crippen LogP contribution in [0.2, 0.25) is 0 Å². The van der Waals surface area contributed by atoms with Crippen LogP contribution in [0.15, 0.2) is 43.4 Å². The molecule has 0 saturated heterocycles. The minimum absolute atomic E-state index is 0.701. The molecular weight excluding hydrogens is 246 g/mol. The summed E-state index contributed by atoms with van der Waals surface area (Å²) in [6.07, 6.45) is 7.24. The molecule has 0 saturated carbocycles.